The van der Waals surface area contributed by atoms with Crippen LogP contribution in [0.3, 0.4) is 0 Å². The number of rotatable bonds is 2. The molecule has 5 nitrogen and oxygen atoms in total. The van der Waals surface area contributed by atoms with Crippen molar-refractivity contribution < 1.29 is 13.9 Å². The van der Waals surface area contributed by atoms with Crippen LogP contribution in [0, 0.1) is 5.82 Å². The molecule has 0 radical (unpaired) electrons. The number of nitrogens with one attached hydrogen (secondary N) is 1. The van der Waals surface area contributed by atoms with E-state index in [1.165, 1.54) is 12.3 Å². The number of hydrazine groups is 1. The van der Waals surface area contributed by atoms with E-state index in [0.717, 1.165) is 6.20 Å². The van der Waals surface area contributed by atoms with E-state index < -0.39 is 11.7 Å². The van der Waals surface area contributed by atoms with Crippen molar-refractivity contribution in [1.29, 1.82) is 0 Å². The Kier molecular flexibility index (Phi) is 3.43. The van der Waals surface area contributed by atoms with Gasteiger partial charge in [-0.2, -0.15) is 0 Å². The Balaban J connectivity index is 2.00. The van der Waals surface area contributed by atoms with Gasteiger partial charge in [0.05, 0.1) is 25.0 Å². The molecule has 6 heteroatoms. The molecule has 1 aromatic rings. The third kappa shape index (κ3) is 2.53. The zero-order valence-electron chi connectivity index (χ0n) is 8.65. The van der Waals surface area contributed by atoms with Crippen LogP contribution in [-0.2, 0) is 4.74 Å². The van der Waals surface area contributed by atoms with E-state index in [1.807, 2.05) is 0 Å². The van der Waals surface area contributed by atoms with Crippen LogP contribution in [0.1, 0.15) is 10.4 Å². The van der Waals surface area contributed by atoms with Gasteiger partial charge in [-0.3, -0.25) is 15.2 Å². The van der Waals surface area contributed by atoms with Crippen LogP contribution in [0.15, 0.2) is 18.5 Å². The SMILES string of the molecule is O=C(NN1CCOCC1)c1ccncc1F. The quantitative estimate of drug-likeness (QED) is 0.781. The first-order valence-electron chi connectivity index (χ1n) is 5.00. The topological polar surface area (TPSA) is 54.5 Å². The van der Waals surface area contributed by atoms with E-state index in [-0.39, 0.29) is 5.56 Å². The van der Waals surface area contributed by atoms with E-state index in [1.54, 1.807) is 5.01 Å². The minimum absolute atomic E-state index is 0.00138. The number of amides is 1. The Labute approximate surface area is 92.2 Å². The predicted molar refractivity (Wildman–Crippen MR) is 54.1 cm³/mol. The molecule has 1 N–H and O–H groups in total. The van der Waals surface area contributed by atoms with E-state index in [0.29, 0.717) is 26.3 Å². The molecule has 1 aliphatic rings. The van der Waals surface area contributed by atoms with Crippen molar-refractivity contribution in [3.05, 3.63) is 29.8 Å². The summed E-state index contributed by atoms with van der Waals surface area (Å²) < 4.78 is 18.4. The second kappa shape index (κ2) is 5.00. The molecule has 1 aromatic heterocycles. The van der Waals surface area contributed by atoms with Crippen LogP contribution >= 0.6 is 0 Å². The second-order valence-corrected chi connectivity index (χ2v) is 3.40. The van der Waals surface area contributed by atoms with Crippen molar-refractivity contribution in [2.45, 2.75) is 0 Å². The highest BCUT2D eigenvalue weighted by Gasteiger charge is 2.16. The molecule has 0 saturated carbocycles. The maximum Gasteiger partial charge on any atom is 0.268 e. The third-order valence-corrected chi connectivity index (χ3v) is 2.29. The normalized spacial score (nSPS) is 17.1. The summed E-state index contributed by atoms with van der Waals surface area (Å²) in [5.41, 5.74) is 2.62. The van der Waals surface area contributed by atoms with Gasteiger partial charge in [0.15, 0.2) is 5.82 Å². The number of hydrogen-bond acceptors (Lipinski definition) is 4. The Morgan fingerprint density at radius 2 is 2.25 bits per heavy atom. The molecule has 1 aliphatic heterocycles. The summed E-state index contributed by atoms with van der Waals surface area (Å²) >= 11 is 0. The van der Waals surface area contributed by atoms with Gasteiger partial charge in [0, 0.05) is 19.3 Å². The molecule has 1 saturated heterocycles. The van der Waals surface area contributed by atoms with Crippen molar-refractivity contribution in [2.75, 3.05) is 26.3 Å². The predicted octanol–water partition coefficient (Wildman–Crippen LogP) is 0.198. The Bertz CT molecular complexity index is 380. The molecule has 0 aliphatic carbocycles. The van der Waals surface area contributed by atoms with Gasteiger partial charge in [-0.15, -0.1) is 0 Å². The lowest BCUT2D eigenvalue weighted by Crippen LogP contribution is -2.48. The molecule has 0 unspecified atom stereocenters. The number of nitrogens with zero attached hydrogens (tertiary/aromatic N) is 2. The fraction of sp³-hybridized carbons (Fsp3) is 0.400. The third-order valence-electron chi connectivity index (χ3n) is 2.29. The first-order chi connectivity index (χ1) is 7.77. The molecule has 2 rings (SSSR count). The van der Waals surface area contributed by atoms with E-state index in [9.17, 15) is 9.18 Å². The fourth-order valence-electron chi connectivity index (χ4n) is 1.44. The smallest absolute Gasteiger partial charge is 0.268 e. The zero-order valence-corrected chi connectivity index (χ0v) is 8.65. The van der Waals surface area contributed by atoms with Crippen molar-refractivity contribution in [1.82, 2.24) is 15.4 Å². The Hall–Kier alpha value is -1.53. The van der Waals surface area contributed by atoms with Crippen LogP contribution in [0.4, 0.5) is 4.39 Å². The standard InChI is InChI=1S/C10H12FN3O2/c11-9-7-12-2-1-8(9)10(15)13-14-3-5-16-6-4-14/h1-2,7H,3-6H2,(H,13,15). The van der Waals surface area contributed by atoms with Gasteiger partial charge in [0.2, 0.25) is 0 Å². The summed E-state index contributed by atoms with van der Waals surface area (Å²) in [6.07, 6.45) is 2.41. The molecular weight excluding hydrogens is 213 g/mol. The van der Waals surface area contributed by atoms with Crippen LogP contribution < -0.4 is 5.43 Å². The highest BCUT2D eigenvalue weighted by atomic mass is 19.1. The number of carbonyl (C=O) groups is 1. The summed E-state index contributed by atoms with van der Waals surface area (Å²) in [6, 6.07) is 1.35. The zero-order chi connectivity index (χ0) is 11.4. The summed E-state index contributed by atoms with van der Waals surface area (Å²) in [7, 11) is 0. The Morgan fingerprint density at radius 1 is 1.50 bits per heavy atom. The highest BCUT2D eigenvalue weighted by Crippen LogP contribution is 2.04. The highest BCUT2D eigenvalue weighted by molar-refractivity contribution is 5.93. The molecular formula is C10H12FN3O2. The molecule has 0 aromatic carbocycles. The summed E-state index contributed by atoms with van der Waals surface area (Å²) in [6.45, 7) is 2.36. The molecule has 1 fully saturated rings. The maximum atomic E-state index is 13.2. The molecule has 1 amide bonds. The summed E-state index contributed by atoms with van der Waals surface area (Å²) in [5, 5.41) is 1.71. The molecule has 86 valence electrons. The van der Waals surface area contributed by atoms with Gasteiger partial charge < -0.3 is 4.74 Å². The number of hydrogen-bond donors (Lipinski definition) is 1. The number of halogens is 1. The Morgan fingerprint density at radius 3 is 2.94 bits per heavy atom. The minimum Gasteiger partial charge on any atom is -0.379 e. The largest absolute Gasteiger partial charge is 0.379 e. The van der Waals surface area contributed by atoms with Crippen LogP contribution in [0.5, 0.6) is 0 Å². The van der Waals surface area contributed by atoms with E-state index >= 15 is 0 Å². The van der Waals surface area contributed by atoms with Gasteiger partial charge in [0.1, 0.15) is 0 Å². The number of ether oxygens (including phenoxy) is 1. The van der Waals surface area contributed by atoms with E-state index in [4.69, 9.17) is 4.74 Å². The maximum absolute atomic E-state index is 13.2. The lowest BCUT2D eigenvalue weighted by atomic mass is 10.2. The van der Waals surface area contributed by atoms with Crippen molar-refractivity contribution >= 4 is 5.91 Å². The summed E-state index contributed by atoms with van der Waals surface area (Å²) in [5.74, 6) is -1.07. The number of pyridine rings is 1. The van der Waals surface area contributed by atoms with Gasteiger partial charge in [-0.1, -0.05) is 0 Å². The van der Waals surface area contributed by atoms with Crippen molar-refractivity contribution in [3.8, 4) is 0 Å². The second-order valence-electron chi connectivity index (χ2n) is 3.40. The van der Waals surface area contributed by atoms with Crippen LogP contribution in [-0.4, -0.2) is 42.2 Å². The first-order valence-corrected chi connectivity index (χ1v) is 5.00. The first kappa shape index (κ1) is 11.0. The van der Waals surface area contributed by atoms with Crippen LogP contribution in [0.2, 0.25) is 0 Å². The molecule has 16 heavy (non-hydrogen) atoms. The number of aromatic nitrogens is 1. The minimum atomic E-state index is -0.617. The van der Waals surface area contributed by atoms with Gasteiger partial charge in [-0.25, -0.2) is 9.40 Å². The average Bonchev–Trinajstić information content (AvgIpc) is 2.31. The molecule has 0 bridgehead atoms. The number of morpholine rings is 1. The fourth-order valence-corrected chi connectivity index (χ4v) is 1.44. The molecule has 0 spiro atoms. The van der Waals surface area contributed by atoms with Gasteiger partial charge >= 0.3 is 0 Å². The monoisotopic (exact) mass is 225 g/mol. The lowest BCUT2D eigenvalue weighted by molar-refractivity contribution is 0.0125. The van der Waals surface area contributed by atoms with Gasteiger partial charge in [0.25, 0.3) is 5.91 Å². The van der Waals surface area contributed by atoms with Crippen molar-refractivity contribution in [2.24, 2.45) is 0 Å². The molecule has 2 heterocycles. The van der Waals surface area contributed by atoms with Crippen molar-refractivity contribution in [3.63, 3.8) is 0 Å². The number of carbonyl (C=O) groups excluding carboxylic acids is 1. The lowest BCUT2D eigenvalue weighted by Gasteiger charge is -2.26. The van der Waals surface area contributed by atoms with Crippen LogP contribution in [0.25, 0.3) is 0 Å². The van der Waals surface area contributed by atoms with Gasteiger partial charge in [-0.05, 0) is 6.07 Å². The average molecular weight is 225 g/mol. The molecule has 0 atom stereocenters. The van der Waals surface area contributed by atoms with E-state index in [2.05, 4.69) is 10.4 Å². The summed E-state index contributed by atoms with van der Waals surface area (Å²) in [4.78, 5) is 15.3.